The molecule has 3 rings (SSSR count). The van der Waals surface area contributed by atoms with Crippen molar-refractivity contribution < 1.29 is 9.47 Å². The number of nitrogens with one attached hydrogen (secondary N) is 1. The van der Waals surface area contributed by atoms with E-state index in [1.165, 1.54) is 6.42 Å². The van der Waals surface area contributed by atoms with E-state index in [4.69, 9.17) is 9.47 Å². The fraction of sp³-hybridized carbons (Fsp3) is 0.611. The first-order valence-corrected chi connectivity index (χ1v) is 8.71. The molecular weight excluding hydrogens is 431 g/mol. The minimum absolute atomic E-state index is 0. The van der Waals surface area contributed by atoms with Crippen LogP contribution in [0, 0.1) is 0 Å². The van der Waals surface area contributed by atoms with Gasteiger partial charge < -0.3 is 19.7 Å². The molecule has 2 heterocycles. The zero-order valence-electron chi connectivity index (χ0n) is 15.1. The summed E-state index contributed by atoms with van der Waals surface area (Å²) in [6.45, 7) is 6.61. The number of nitrogens with zero attached hydrogens (tertiary/aromatic N) is 3. The van der Waals surface area contributed by atoms with E-state index in [1.54, 1.807) is 7.11 Å². The summed E-state index contributed by atoms with van der Waals surface area (Å²) < 4.78 is 10.9. The molecule has 7 heteroatoms. The van der Waals surface area contributed by atoms with Gasteiger partial charge in [0.05, 0.1) is 20.3 Å². The van der Waals surface area contributed by atoms with Crippen LogP contribution in [0.2, 0.25) is 0 Å². The molecule has 0 aliphatic carbocycles. The largest absolute Gasteiger partial charge is 0.496 e. The molecular formula is C18H29IN4O2. The lowest BCUT2D eigenvalue weighted by Gasteiger charge is -2.32. The van der Waals surface area contributed by atoms with E-state index in [-0.39, 0.29) is 24.0 Å². The van der Waals surface area contributed by atoms with E-state index in [9.17, 15) is 0 Å². The molecule has 0 saturated carbocycles. The molecule has 1 aromatic carbocycles. The molecule has 0 aromatic heterocycles. The number of ether oxygens (including phenoxy) is 2. The van der Waals surface area contributed by atoms with Crippen molar-refractivity contribution in [3.05, 3.63) is 29.8 Å². The Morgan fingerprint density at radius 1 is 1.28 bits per heavy atom. The van der Waals surface area contributed by atoms with E-state index >= 15 is 0 Å². The summed E-state index contributed by atoms with van der Waals surface area (Å²) in [5, 5.41) is 3.48. The van der Waals surface area contributed by atoms with Crippen LogP contribution in [0.25, 0.3) is 0 Å². The van der Waals surface area contributed by atoms with E-state index in [0.29, 0.717) is 6.04 Å². The number of hydrogen-bond donors (Lipinski definition) is 1. The van der Waals surface area contributed by atoms with Crippen molar-refractivity contribution in [2.24, 2.45) is 4.99 Å². The van der Waals surface area contributed by atoms with Gasteiger partial charge in [-0.25, -0.2) is 0 Å². The van der Waals surface area contributed by atoms with Crippen LogP contribution in [0.5, 0.6) is 5.75 Å². The topological polar surface area (TPSA) is 49.3 Å². The third-order valence-corrected chi connectivity index (χ3v) is 4.87. The molecule has 25 heavy (non-hydrogen) atoms. The van der Waals surface area contributed by atoms with Crippen molar-refractivity contribution in [3.63, 3.8) is 0 Å². The van der Waals surface area contributed by atoms with E-state index < -0.39 is 0 Å². The van der Waals surface area contributed by atoms with Crippen LogP contribution in [0.15, 0.2) is 29.3 Å². The molecule has 0 bridgehead atoms. The molecule has 6 nitrogen and oxygen atoms in total. The molecule has 1 unspecified atom stereocenters. The molecule has 1 aromatic rings. The Hall–Kier alpha value is -1.06. The van der Waals surface area contributed by atoms with Gasteiger partial charge in [-0.1, -0.05) is 18.2 Å². The van der Waals surface area contributed by atoms with Gasteiger partial charge in [0.2, 0.25) is 0 Å². The number of para-hydroxylation sites is 1. The van der Waals surface area contributed by atoms with Crippen LogP contribution in [-0.2, 0) is 11.3 Å². The normalized spacial score (nSPS) is 21.8. The predicted molar refractivity (Wildman–Crippen MR) is 111 cm³/mol. The van der Waals surface area contributed by atoms with Gasteiger partial charge in [0.15, 0.2) is 5.96 Å². The molecule has 0 spiro atoms. The zero-order chi connectivity index (χ0) is 16.8. The van der Waals surface area contributed by atoms with Crippen molar-refractivity contribution in [1.29, 1.82) is 0 Å². The number of methoxy groups -OCH3 is 1. The number of guanidine groups is 1. The standard InChI is InChI=1S/C18H28N4O2.HI/c1-19-18(20-13-15-5-3-4-6-17(15)23-2)22-8-7-16(14-22)21-9-11-24-12-10-21;/h3-6,16H,7-14H2,1-2H3,(H,19,20);1H. The summed E-state index contributed by atoms with van der Waals surface area (Å²) in [6, 6.07) is 8.71. The molecule has 2 fully saturated rings. The second kappa shape index (κ2) is 10.2. The summed E-state index contributed by atoms with van der Waals surface area (Å²) in [5.41, 5.74) is 1.14. The molecule has 0 radical (unpaired) electrons. The van der Waals surface area contributed by atoms with Crippen LogP contribution in [-0.4, -0.2) is 75.4 Å². The number of halogens is 1. The highest BCUT2D eigenvalue weighted by atomic mass is 127. The van der Waals surface area contributed by atoms with Crippen molar-refractivity contribution >= 4 is 29.9 Å². The number of hydrogen-bond acceptors (Lipinski definition) is 4. The van der Waals surface area contributed by atoms with E-state index in [0.717, 1.165) is 63.2 Å². The maximum Gasteiger partial charge on any atom is 0.193 e. The molecule has 0 amide bonds. The molecule has 2 saturated heterocycles. The number of aliphatic imine (C=N–C) groups is 1. The second-order valence-corrected chi connectivity index (χ2v) is 6.25. The maximum absolute atomic E-state index is 5.46. The lowest BCUT2D eigenvalue weighted by molar-refractivity contribution is 0.0195. The van der Waals surface area contributed by atoms with Crippen molar-refractivity contribution in [2.75, 3.05) is 53.6 Å². The molecule has 1 N–H and O–H groups in total. The summed E-state index contributed by atoms with van der Waals surface area (Å²) in [5.74, 6) is 1.88. The SMILES string of the molecule is CN=C(NCc1ccccc1OC)N1CCC(N2CCOCC2)C1.I. The second-order valence-electron chi connectivity index (χ2n) is 6.25. The summed E-state index contributed by atoms with van der Waals surface area (Å²) >= 11 is 0. The number of morpholine rings is 1. The van der Waals surface area contributed by atoms with Crippen LogP contribution < -0.4 is 10.1 Å². The monoisotopic (exact) mass is 460 g/mol. The average molecular weight is 460 g/mol. The fourth-order valence-corrected chi connectivity index (χ4v) is 3.53. The minimum Gasteiger partial charge on any atom is -0.496 e. The zero-order valence-corrected chi connectivity index (χ0v) is 17.4. The average Bonchev–Trinajstić information content (AvgIpc) is 3.13. The Kier molecular flexibility index (Phi) is 8.25. The maximum atomic E-state index is 5.46. The van der Waals surface area contributed by atoms with Crippen molar-refractivity contribution in [1.82, 2.24) is 15.1 Å². The van der Waals surface area contributed by atoms with Gasteiger partial charge in [-0.3, -0.25) is 9.89 Å². The van der Waals surface area contributed by atoms with Gasteiger partial charge >= 0.3 is 0 Å². The first-order valence-electron chi connectivity index (χ1n) is 8.71. The smallest absolute Gasteiger partial charge is 0.193 e. The number of benzene rings is 1. The van der Waals surface area contributed by atoms with Crippen LogP contribution in [0.4, 0.5) is 0 Å². The Morgan fingerprint density at radius 3 is 2.76 bits per heavy atom. The first kappa shape index (κ1) is 20.3. The van der Waals surface area contributed by atoms with Gasteiger partial charge in [0, 0.05) is 51.4 Å². The number of rotatable bonds is 4. The van der Waals surface area contributed by atoms with Gasteiger partial charge in [-0.05, 0) is 12.5 Å². The third-order valence-electron chi connectivity index (χ3n) is 4.87. The summed E-state index contributed by atoms with van der Waals surface area (Å²) in [4.78, 5) is 9.38. The Balaban J connectivity index is 0.00000225. The molecule has 2 aliphatic rings. The summed E-state index contributed by atoms with van der Waals surface area (Å²) in [6.07, 6.45) is 1.19. The third kappa shape index (κ3) is 5.21. The van der Waals surface area contributed by atoms with Crippen LogP contribution >= 0.6 is 24.0 Å². The van der Waals surface area contributed by atoms with E-state index in [1.807, 2.05) is 25.2 Å². The molecule has 140 valence electrons. The van der Waals surface area contributed by atoms with Crippen LogP contribution in [0.1, 0.15) is 12.0 Å². The highest BCUT2D eigenvalue weighted by Crippen LogP contribution is 2.19. The fourth-order valence-electron chi connectivity index (χ4n) is 3.53. The van der Waals surface area contributed by atoms with E-state index in [2.05, 4.69) is 26.2 Å². The lowest BCUT2D eigenvalue weighted by atomic mass is 10.2. The van der Waals surface area contributed by atoms with Gasteiger partial charge in [0.25, 0.3) is 0 Å². The number of likely N-dealkylation sites (tertiary alicyclic amines) is 1. The van der Waals surface area contributed by atoms with Crippen LogP contribution in [0.3, 0.4) is 0 Å². The molecule has 1 atom stereocenters. The summed E-state index contributed by atoms with van der Waals surface area (Å²) in [7, 11) is 3.56. The first-order chi connectivity index (χ1) is 11.8. The van der Waals surface area contributed by atoms with Crippen molar-refractivity contribution in [2.45, 2.75) is 19.0 Å². The lowest BCUT2D eigenvalue weighted by Crippen LogP contribution is -2.46. The van der Waals surface area contributed by atoms with Gasteiger partial charge in [0.1, 0.15) is 5.75 Å². The predicted octanol–water partition coefficient (Wildman–Crippen LogP) is 1.80. The highest BCUT2D eigenvalue weighted by Gasteiger charge is 2.30. The Labute approximate surface area is 167 Å². The Morgan fingerprint density at radius 2 is 2.04 bits per heavy atom. The Bertz CT molecular complexity index is 564. The van der Waals surface area contributed by atoms with Crippen molar-refractivity contribution in [3.8, 4) is 5.75 Å². The van der Waals surface area contributed by atoms with Gasteiger partial charge in [-0.2, -0.15) is 0 Å². The highest BCUT2D eigenvalue weighted by molar-refractivity contribution is 14.0. The van der Waals surface area contributed by atoms with Gasteiger partial charge in [-0.15, -0.1) is 24.0 Å². The molecule has 2 aliphatic heterocycles. The minimum atomic E-state index is 0. The quantitative estimate of drug-likeness (QED) is 0.422.